The Morgan fingerprint density at radius 2 is 2.33 bits per heavy atom. The van der Waals surface area contributed by atoms with Crippen LogP contribution in [-0.2, 0) is 4.79 Å². The van der Waals surface area contributed by atoms with Crippen LogP contribution in [0.2, 0.25) is 0 Å². The molecule has 128 valence electrons. The van der Waals surface area contributed by atoms with Gasteiger partial charge in [-0.2, -0.15) is 0 Å². The van der Waals surface area contributed by atoms with Crippen LogP contribution in [-0.4, -0.2) is 49.3 Å². The van der Waals surface area contributed by atoms with E-state index in [9.17, 15) is 4.79 Å². The summed E-state index contributed by atoms with van der Waals surface area (Å²) in [7, 11) is 1.67. The molecule has 1 unspecified atom stereocenters. The smallest absolute Gasteiger partial charge is 0.240 e. The fraction of sp³-hybridized carbons (Fsp3) is 0.412. The molecular weight excluding hydrogens is 308 g/mol. The zero-order valence-electron chi connectivity index (χ0n) is 13.9. The lowest BCUT2D eigenvalue weighted by Crippen LogP contribution is -2.48. The summed E-state index contributed by atoms with van der Waals surface area (Å²) in [6, 6.07) is 9.70. The van der Waals surface area contributed by atoms with Crippen molar-refractivity contribution in [1.29, 1.82) is 0 Å². The van der Waals surface area contributed by atoms with Crippen molar-refractivity contribution in [2.45, 2.75) is 13.0 Å². The third kappa shape index (κ3) is 3.74. The lowest BCUT2D eigenvalue weighted by atomic mass is 10.0. The number of piperazine rings is 1. The quantitative estimate of drug-likeness (QED) is 0.866. The molecule has 1 aliphatic heterocycles. The molecule has 1 aliphatic rings. The van der Waals surface area contributed by atoms with Crippen LogP contribution in [0.25, 0.3) is 0 Å². The van der Waals surface area contributed by atoms with Gasteiger partial charge in [-0.25, -0.2) is 0 Å². The summed E-state index contributed by atoms with van der Waals surface area (Å²) in [5, 5.41) is 9.90. The van der Waals surface area contributed by atoms with Crippen molar-refractivity contribution in [2.75, 3.05) is 38.6 Å². The second kappa shape index (κ2) is 7.46. The number of methoxy groups -OCH3 is 1. The molecule has 0 bridgehead atoms. The lowest BCUT2D eigenvalue weighted by molar-refractivity contribution is -0.118. The molecule has 1 fully saturated rings. The second-order valence-corrected chi connectivity index (χ2v) is 5.81. The Balaban J connectivity index is 1.71. The number of nitrogens with zero attached hydrogens (tertiary/aromatic N) is 2. The van der Waals surface area contributed by atoms with Gasteiger partial charge in [-0.1, -0.05) is 23.4 Å². The van der Waals surface area contributed by atoms with Gasteiger partial charge in [-0.05, 0) is 13.0 Å². The fourth-order valence-corrected chi connectivity index (χ4v) is 2.97. The molecule has 0 radical (unpaired) electrons. The largest absolute Gasteiger partial charge is 0.496 e. The summed E-state index contributed by atoms with van der Waals surface area (Å²) in [5.74, 6) is 1.09. The summed E-state index contributed by atoms with van der Waals surface area (Å²) in [6.45, 7) is 4.50. The average Bonchev–Trinajstić information content (AvgIpc) is 3.00. The van der Waals surface area contributed by atoms with Gasteiger partial charge >= 0.3 is 0 Å². The summed E-state index contributed by atoms with van der Waals surface area (Å²) in [6.07, 6.45) is 0. The topological polar surface area (TPSA) is 79.6 Å². The monoisotopic (exact) mass is 330 g/mol. The van der Waals surface area contributed by atoms with E-state index in [4.69, 9.17) is 9.26 Å². The van der Waals surface area contributed by atoms with E-state index < -0.39 is 0 Å². The van der Waals surface area contributed by atoms with Crippen molar-refractivity contribution >= 4 is 11.8 Å². The van der Waals surface area contributed by atoms with Crippen LogP contribution in [0.4, 0.5) is 5.88 Å². The minimum Gasteiger partial charge on any atom is -0.496 e. The van der Waals surface area contributed by atoms with Crippen molar-refractivity contribution in [3.63, 3.8) is 0 Å². The minimum atomic E-state index is -0.118. The number of nitrogens with one attached hydrogen (secondary N) is 2. The third-order valence-corrected chi connectivity index (χ3v) is 4.09. The molecular formula is C17H22N4O3. The van der Waals surface area contributed by atoms with E-state index in [2.05, 4.69) is 20.7 Å². The maximum absolute atomic E-state index is 12.3. The van der Waals surface area contributed by atoms with Crippen LogP contribution in [0.15, 0.2) is 34.9 Å². The molecule has 1 aromatic heterocycles. The molecule has 1 aromatic carbocycles. The Morgan fingerprint density at radius 3 is 3.08 bits per heavy atom. The predicted octanol–water partition coefficient (Wildman–Crippen LogP) is 1.58. The summed E-state index contributed by atoms with van der Waals surface area (Å²) in [4.78, 5) is 14.5. The predicted molar refractivity (Wildman–Crippen MR) is 90.0 cm³/mol. The van der Waals surface area contributed by atoms with Crippen LogP contribution >= 0.6 is 0 Å². The van der Waals surface area contributed by atoms with Crippen molar-refractivity contribution in [3.8, 4) is 5.75 Å². The van der Waals surface area contributed by atoms with E-state index in [1.54, 1.807) is 13.2 Å². The van der Waals surface area contributed by atoms with E-state index >= 15 is 0 Å². The number of amides is 1. The summed E-state index contributed by atoms with van der Waals surface area (Å²) < 4.78 is 10.5. The molecule has 24 heavy (non-hydrogen) atoms. The molecule has 2 aromatic rings. The first-order valence-electron chi connectivity index (χ1n) is 7.98. The molecule has 0 spiro atoms. The van der Waals surface area contributed by atoms with Crippen LogP contribution in [0.5, 0.6) is 5.75 Å². The van der Waals surface area contributed by atoms with Crippen LogP contribution in [0.3, 0.4) is 0 Å². The number of ether oxygens (including phenoxy) is 1. The first kappa shape index (κ1) is 16.5. The van der Waals surface area contributed by atoms with Gasteiger partial charge in [0, 0.05) is 31.3 Å². The highest BCUT2D eigenvalue weighted by Gasteiger charge is 2.27. The number of carbonyl (C=O) groups is 1. The zero-order chi connectivity index (χ0) is 16.9. The van der Waals surface area contributed by atoms with Gasteiger partial charge < -0.3 is 14.6 Å². The first-order chi connectivity index (χ1) is 11.7. The Morgan fingerprint density at radius 1 is 1.50 bits per heavy atom. The molecule has 1 amide bonds. The standard InChI is InChI=1S/C17H22N4O3/c1-12-9-17(24-20-12)19-16(22)11-21-8-7-18-10-14(21)13-5-3-4-6-15(13)23-2/h3-6,9,14,18H,7-8,10-11H2,1-2H3,(H,19,22). The van der Waals surface area contributed by atoms with E-state index in [-0.39, 0.29) is 18.5 Å². The SMILES string of the molecule is COc1ccccc1C1CNCCN1CC(=O)Nc1cc(C)no1. The molecule has 1 atom stereocenters. The number of benzene rings is 1. The molecule has 7 nitrogen and oxygen atoms in total. The number of rotatable bonds is 5. The molecule has 1 saturated heterocycles. The lowest BCUT2D eigenvalue weighted by Gasteiger charge is -2.36. The van der Waals surface area contributed by atoms with Crippen molar-refractivity contribution in [1.82, 2.24) is 15.4 Å². The van der Waals surface area contributed by atoms with Crippen LogP contribution < -0.4 is 15.4 Å². The Kier molecular flexibility index (Phi) is 5.12. The third-order valence-electron chi connectivity index (χ3n) is 4.09. The van der Waals surface area contributed by atoms with Crippen molar-refractivity contribution < 1.29 is 14.1 Å². The number of aromatic nitrogens is 1. The molecule has 2 N–H and O–H groups in total. The number of anilines is 1. The maximum atomic E-state index is 12.3. The zero-order valence-corrected chi connectivity index (χ0v) is 13.9. The molecule has 2 heterocycles. The summed E-state index contributed by atoms with van der Waals surface area (Å²) in [5.41, 5.74) is 1.81. The highest BCUT2D eigenvalue weighted by Crippen LogP contribution is 2.29. The Bertz CT molecular complexity index is 701. The normalized spacial score (nSPS) is 18.3. The second-order valence-electron chi connectivity index (χ2n) is 5.81. The molecule has 0 aliphatic carbocycles. The number of para-hydroxylation sites is 1. The Hall–Kier alpha value is -2.38. The highest BCUT2D eigenvalue weighted by atomic mass is 16.5. The van der Waals surface area contributed by atoms with Gasteiger partial charge in [-0.15, -0.1) is 0 Å². The number of carbonyl (C=O) groups excluding carboxylic acids is 1. The van der Waals surface area contributed by atoms with E-state index in [1.165, 1.54) is 0 Å². The van der Waals surface area contributed by atoms with Gasteiger partial charge in [0.05, 0.1) is 25.4 Å². The van der Waals surface area contributed by atoms with Gasteiger partial charge in [0.1, 0.15) is 5.75 Å². The fourth-order valence-electron chi connectivity index (χ4n) is 2.97. The average molecular weight is 330 g/mol. The number of hydrogen-bond donors (Lipinski definition) is 2. The first-order valence-corrected chi connectivity index (χ1v) is 7.98. The van der Waals surface area contributed by atoms with Crippen LogP contribution in [0.1, 0.15) is 17.3 Å². The minimum absolute atomic E-state index is 0.0807. The molecule has 3 rings (SSSR count). The number of hydrogen-bond acceptors (Lipinski definition) is 6. The highest BCUT2D eigenvalue weighted by molar-refractivity contribution is 5.91. The van der Waals surface area contributed by atoms with Crippen LogP contribution in [0, 0.1) is 6.92 Å². The van der Waals surface area contributed by atoms with E-state index in [1.807, 2.05) is 31.2 Å². The summed E-state index contributed by atoms with van der Waals surface area (Å²) >= 11 is 0. The Labute approximate surface area is 141 Å². The van der Waals surface area contributed by atoms with Gasteiger partial charge in [0.25, 0.3) is 0 Å². The maximum Gasteiger partial charge on any atom is 0.240 e. The van der Waals surface area contributed by atoms with Gasteiger partial charge in [0.15, 0.2) is 0 Å². The van der Waals surface area contributed by atoms with Gasteiger partial charge in [0.2, 0.25) is 11.8 Å². The van der Waals surface area contributed by atoms with E-state index in [0.717, 1.165) is 36.6 Å². The van der Waals surface area contributed by atoms with Crippen molar-refractivity contribution in [2.24, 2.45) is 0 Å². The van der Waals surface area contributed by atoms with Crippen molar-refractivity contribution in [3.05, 3.63) is 41.6 Å². The van der Waals surface area contributed by atoms with E-state index in [0.29, 0.717) is 5.88 Å². The molecule has 7 heteroatoms. The van der Waals surface area contributed by atoms with Gasteiger partial charge in [-0.3, -0.25) is 15.0 Å². The molecule has 0 saturated carbocycles. The number of aryl methyl sites for hydroxylation is 1.